The molecule has 28 heavy (non-hydrogen) atoms. The van der Waals surface area contributed by atoms with E-state index in [1.54, 1.807) is 35.6 Å². The van der Waals surface area contributed by atoms with E-state index in [0.717, 1.165) is 41.5 Å². The molecular formula is C21H19N3O3S. The van der Waals surface area contributed by atoms with E-state index >= 15 is 0 Å². The summed E-state index contributed by atoms with van der Waals surface area (Å²) in [6, 6.07) is 9.10. The monoisotopic (exact) mass is 393 g/mol. The van der Waals surface area contributed by atoms with Gasteiger partial charge >= 0.3 is 5.97 Å². The lowest BCUT2D eigenvalue weighted by molar-refractivity contribution is -0.144. The number of H-pyrrole nitrogens is 1. The minimum Gasteiger partial charge on any atom is -0.461 e. The van der Waals surface area contributed by atoms with E-state index in [9.17, 15) is 9.59 Å². The number of aromatic amines is 1. The smallest absolute Gasteiger partial charge is 0.306 e. The molecule has 0 amide bonds. The lowest BCUT2D eigenvalue weighted by Gasteiger charge is -2.09. The predicted octanol–water partition coefficient (Wildman–Crippen LogP) is 3.41. The highest BCUT2D eigenvalue weighted by Crippen LogP contribution is 2.33. The zero-order chi connectivity index (χ0) is 19.5. The summed E-state index contributed by atoms with van der Waals surface area (Å²) in [6.07, 6.45) is 4.66. The molecule has 3 aromatic rings. The fraction of sp³-hybridized carbons (Fsp3) is 0.333. The number of thiophene rings is 1. The Labute approximate surface area is 165 Å². The number of aryl methyl sites for hydroxylation is 3. The van der Waals surface area contributed by atoms with Gasteiger partial charge in [-0.25, -0.2) is 4.98 Å². The Kier molecular flexibility index (Phi) is 5.22. The highest BCUT2D eigenvalue weighted by molar-refractivity contribution is 7.18. The van der Waals surface area contributed by atoms with Crippen LogP contribution in [0.1, 0.15) is 46.7 Å². The molecule has 1 N–H and O–H groups in total. The second-order valence-electron chi connectivity index (χ2n) is 6.83. The maximum Gasteiger partial charge on any atom is 0.306 e. The number of esters is 1. The third-order valence-electron chi connectivity index (χ3n) is 4.97. The number of rotatable bonds is 5. The van der Waals surface area contributed by atoms with Crippen molar-refractivity contribution in [2.24, 2.45) is 0 Å². The molecule has 2 heterocycles. The Morgan fingerprint density at radius 1 is 1.29 bits per heavy atom. The molecule has 0 radical (unpaired) electrons. The molecule has 0 atom stereocenters. The lowest BCUT2D eigenvalue weighted by Crippen LogP contribution is -2.14. The predicted molar refractivity (Wildman–Crippen MR) is 106 cm³/mol. The molecule has 4 rings (SSSR count). The van der Waals surface area contributed by atoms with E-state index in [1.165, 1.54) is 4.88 Å². The molecule has 0 aliphatic heterocycles. The Hall–Kier alpha value is -2.98. The van der Waals surface area contributed by atoms with Gasteiger partial charge in [0.2, 0.25) is 0 Å². The average molecular weight is 393 g/mol. The Morgan fingerprint density at radius 3 is 2.96 bits per heavy atom. The Morgan fingerprint density at radius 2 is 2.11 bits per heavy atom. The quantitative estimate of drug-likeness (QED) is 0.670. The maximum absolute atomic E-state index is 12.5. The molecule has 0 saturated heterocycles. The molecule has 142 valence electrons. The average Bonchev–Trinajstić information content (AvgIpc) is 3.09. The number of nitriles is 1. The fourth-order valence-corrected chi connectivity index (χ4v) is 4.81. The standard InChI is InChI=1S/C21H19N3O3S/c22-11-13-5-1-2-6-14(13)12-27-18(25)10-9-17-23-20(26)19-15-7-3-4-8-16(15)28-21(19)24-17/h1-2,5-6H,3-4,7-10,12H2,(H,23,24,26). The number of carbonyl (C=O) groups is 1. The Balaban J connectivity index is 1.42. The normalized spacial score (nSPS) is 13.1. The van der Waals surface area contributed by atoms with Gasteiger partial charge in [0.25, 0.3) is 5.56 Å². The van der Waals surface area contributed by atoms with Gasteiger partial charge in [-0.2, -0.15) is 5.26 Å². The van der Waals surface area contributed by atoms with Crippen molar-refractivity contribution in [2.75, 3.05) is 0 Å². The van der Waals surface area contributed by atoms with Gasteiger partial charge in [0, 0.05) is 16.9 Å². The second kappa shape index (κ2) is 7.95. The molecule has 0 saturated carbocycles. The van der Waals surface area contributed by atoms with Crippen molar-refractivity contribution in [3.8, 4) is 6.07 Å². The minimum atomic E-state index is -0.388. The SMILES string of the molecule is N#Cc1ccccc1COC(=O)CCc1nc2sc3c(c2c(=O)[nH]1)CCCC3. The summed E-state index contributed by atoms with van der Waals surface area (Å²) in [7, 11) is 0. The van der Waals surface area contributed by atoms with Gasteiger partial charge in [0.1, 0.15) is 17.3 Å². The van der Waals surface area contributed by atoms with Crippen LogP contribution in [-0.4, -0.2) is 15.9 Å². The third-order valence-corrected chi connectivity index (χ3v) is 6.15. The van der Waals surface area contributed by atoms with E-state index in [0.29, 0.717) is 23.4 Å². The number of hydrogen-bond acceptors (Lipinski definition) is 6. The molecule has 1 aliphatic carbocycles. The van der Waals surface area contributed by atoms with E-state index in [4.69, 9.17) is 10.00 Å². The van der Waals surface area contributed by atoms with E-state index in [-0.39, 0.29) is 24.6 Å². The molecular weight excluding hydrogens is 374 g/mol. The van der Waals surface area contributed by atoms with Crippen LogP contribution < -0.4 is 5.56 Å². The number of aromatic nitrogens is 2. The Bertz CT molecular complexity index is 1140. The van der Waals surface area contributed by atoms with Crippen LogP contribution in [0, 0.1) is 11.3 Å². The van der Waals surface area contributed by atoms with Crippen LogP contribution in [0.25, 0.3) is 10.2 Å². The molecule has 1 aliphatic rings. The molecule has 7 heteroatoms. The summed E-state index contributed by atoms with van der Waals surface area (Å²) < 4.78 is 5.27. The van der Waals surface area contributed by atoms with Crippen LogP contribution in [0.3, 0.4) is 0 Å². The summed E-state index contributed by atoms with van der Waals surface area (Å²) in [4.78, 5) is 34.0. The van der Waals surface area contributed by atoms with Crippen molar-refractivity contribution in [1.29, 1.82) is 5.26 Å². The summed E-state index contributed by atoms with van der Waals surface area (Å²) in [5.74, 6) is 0.117. The lowest BCUT2D eigenvalue weighted by atomic mass is 9.97. The van der Waals surface area contributed by atoms with E-state index in [1.807, 2.05) is 0 Å². The van der Waals surface area contributed by atoms with E-state index < -0.39 is 0 Å². The zero-order valence-electron chi connectivity index (χ0n) is 15.3. The van der Waals surface area contributed by atoms with Gasteiger partial charge in [-0.15, -0.1) is 11.3 Å². The summed E-state index contributed by atoms with van der Waals surface area (Å²) >= 11 is 1.60. The third kappa shape index (κ3) is 3.69. The summed E-state index contributed by atoms with van der Waals surface area (Å²) in [5.41, 5.74) is 2.21. The summed E-state index contributed by atoms with van der Waals surface area (Å²) in [5, 5.41) is 9.80. The first kappa shape index (κ1) is 18.4. The number of nitrogens with zero attached hydrogens (tertiary/aromatic N) is 2. The van der Waals surface area contributed by atoms with Gasteiger partial charge in [-0.3, -0.25) is 9.59 Å². The highest BCUT2D eigenvalue weighted by atomic mass is 32.1. The number of hydrogen-bond donors (Lipinski definition) is 1. The molecule has 6 nitrogen and oxygen atoms in total. The molecule has 0 unspecified atom stereocenters. The first-order valence-corrected chi connectivity index (χ1v) is 10.1. The number of nitrogens with one attached hydrogen (secondary N) is 1. The zero-order valence-corrected chi connectivity index (χ0v) is 16.1. The van der Waals surface area contributed by atoms with Crippen molar-refractivity contribution in [2.45, 2.75) is 45.1 Å². The maximum atomic E-state index is 12.5. The second-order valence-corrected chi connectivity index (χ2v) is 7.92. The van der Waals surface area contributed by atoms with Gasteiger partial charge in [-0.1, -0.05) is 18.2 Å². The molecule has 2 aromatic heterocycles. The van der Waals surface area contributed by atoms with Crippen molar-refractivity contribution < 1.29 is 9.53 Å². The molecule has 0 spiro atoms. The van der Waals surface area contributed by atoms with Crippen LogP contribution in [0.5, 0.6) is 0 Å². The van der Waals surface area contributed by atoms with Gasteiger partial charge in [0.05, 0.1) is 23.4 Å². The van der Waals surface area contributed by atoms with Crippen LogP contribution in [0.4, 0.5) is 0 Å². The number of ether oxygens (including phenoxy) is 1. The number of fused-ring (bicyclic) bond motifs is 3. The van der Waals surface area contributed by atoms with Gasteiger partial charge in [-0.05, 0) is 37.3 Å². The minimum absolute atomic E-state index is 0.0587. The highest BCUT2D eigenvalue weighted by Gasteiger charge is 2.20. The van der Waals surface area contributed by atoms with Crippen molar-refractivity contribution in [3.63, 3.8) is 0 Å². The number of carbonyl (C=O) groups excluding carboxylic acids is 1. The molecule has 0 fully saturated rings. The van der Waals surface area contributed by atoms with E-state index in [2.05, 4.69) is 16.0 Å². The van der Waals surface area contributed by atoms with Crippen LogP contribution in [-0.2, 0) is 35.4 Å². The number of benzene rings is 1. The summed E-state index contributed by atoms with van der Waals surface area (Å²) in [6.45, 7) is 0.0587. The molecule has 0 bridgehead atoms. The van der Waals surface area contributed by atoms with Gasteiger partial charge in [0.15, 0.2) is 0 Å². The first-order valence-electron chi connectivity index (χ1n) is 9.33. The van der Waals surface area contributed by atoms with Crippen molar-refractivity contribution in [1.82, 2.24) is 9.97 Å². The van der Waals surface area contributed by atoms with Crippen molar-refractivity contribution >= 4 is 27.5 Å². The van der Waals surface area contributed by atoms with Crippen LogP contribution in [0.15, 0.2) is 29.1 Å². The van der Waals surface area contributed by atoms with Crippen LogP contribution >= 0.6 is 11.3 Å². The van der Waals surface area contributed by atoms with Crippen molar-refractivity contribution in [3.05, 3.63) is 62.0 Å². The van der Waals surface area contributed by atoms with Crippen LogP contribution in [0.2, 0.25) is 0 Å². The van der Waals surface area contributed by atoms with Gasteiger partial charge < -0.3 is 9.72 Å². The molecule has 1 aromatic carbocycles. The topological polar surface area (TPSA) is 95.8 Å². The fourth-order valence-electron chi connectivity index (χ4n) is 3.53. The first-order chi connectivity index (χ1) is 13.7. The largest absolute Gasteiger partial charge is 0.461 e.